The average molecular weight is 278 g/mol. The zero-order valence-electron chi connectivity index (χ0n) is 9.99. The zero-order chi connectivity index (χ0) is 13.9. The Morgan fingerprint density at radius 3 is 2.68 bits per heavy atom. The number of nitriles is 1. The largest absolute Gasteiger partial charge is 0.445 e. The van der Waals surface area contributed by atoms with E-state index in [9.17, 15) is 8.42 Å². The lowest BCUT2D eigenvalue weighted by molar-refractivity contribution is 0.463. The molecule has 0 aliphatic rings. The van der Waals surface area contributed by atoms with Gasteiger partial charge in [0.15, 0.2) is 0 Å². The van der Waals surface area contributed by atoms with Crippen molar-refractivity contribution in [3.63, 3.8) is 0 Å². The SMILES string of the molecule is Cc1cnc(CNS(=O)(=O)c2ccc(C#N)nc2)o1. The van der Waals surface area contributed by atoms with Crippen LogP contribution in [-0.2, 0) is 16.6 Å². The molecule has 0 unspecified atom stereocenters. The number of hydrogen-bond acceptors (Lipinski definition) is 6. The van der Waals surface area contributed by atoms with Gasteiger partial charge in [0, 0.05) is 6.20 Å². The number of pyridine rings is 1. The minimum absolute atomic E-state index is 0.0187. The molecule has 0 aromatic carbocycles. The molecule has 0 aliphatic carbocycles. The molecule has 19 heavy (non-hydrogen) atoms. The monoisotopic (exact) mass is 278 g/mol. The summed E-state index contributed by atoms with van der Waals surface area (Å²) in [5.74, 6) is 0.886. The Morgan fingerprint density at radius 2 is 2.16 bits per heavy atom. The Bertz CT molecular complexity index is 713. The predicted octanol–water partition coefficient (Wildman–Crippen LogP) is 0.728. The Kier molecular flexibility index (Phi) is 3.59. The van der Waals surface area contributed by atoms with E-state index in [0.29, 0.717) is 5.76 Å². The fraction of sp³-hybridized carbons (Fsp3) is 0.182. The molecule has 0 atom stereocenters. The van der Waals surface area contributed by atoms with Crippen LogP contribution >= 0.6 is 0 Å². The van der Waals surface area contributed by atoms with Gasteiger partial charge >= 0.3 is 0 Å². The lowest BCUT2D eigenvalue weighted by Crippen LogP contribution is -2.23. The summed E-state index contributed by atoms with van der Waals surface area (Å²) in [4.78, 5) is 7.57. The lowest BCUT2D eigenvalue weighted by atomic mass is 10.4. The van der Waals surface area contributed by atoms with Gasteiger partial charge in [-0.2, -0.15) is 5.26 Å². The van der Waals surface area contributed by atoms with Crippen LogP contribution in [0, 0.1) is 18.3 Å². The smallest absolute Gasteiger partial charge is 0.242 e. The second-order valence-corrected chi connectivity index (χ2v) is 5.45. The van der Waals surface area contributed by atoms with E-state index in [2.05, 4.69) is 14.7 Å². The second-order valence-electron chi connectivity index (χ2n) is 3.68. The first-order valence-electron chi connectivity index (χ1n) is 5.28. The van der Waals surface area contributed by atoms with Crippen LogP contribution in [0.15, 0.2) is 33.8 Å². The van der Waals surface area contributed by atoms with Crippen LogP contribution < -0.4 is 4.72 Å². The van der Waals surface area contributed by atoms with E-state index in [-0.39, 0.29) is 23.0 Å². The molecule has 0 bridgehead atoms. The van der Waals surface area contributed by atoms with Gasteiger partial charge < -0.3 is 4.42 Å². The van der Waals surface area contributed by atoms with Gasteiger partial charge in [-0.3, -0.25) is 0 Å². The highest BCUT2D eigenvalue weighted by Gasteiger charge is 2.15. The van der Waals surface area contributed by atoms with Gasteiger partial charge in [0.05, 0.1) is 12.7 Å². The van der Waals surface area contributed by atoms with Crippen molar-refractivity contribution in [2.24, 2.45) is 0 Å². The van der Waals surface area contributed by atoms with E-state index >= 15 is 0 Å². The molecular weight excluding hydrogens is 268 g/mol. The first-order chi connectivity index (χ1) is 9.01. The average Bonchev–Trinajstić information content (AvgIpc) is 2.82. The molecule has 7 nitrogen and oxygen atoms in total. The third-order valence-electron chi connectivity index (χ3n) is 2.24. The Morgan fingerprint density at radius 1 is 1.37 bits per heavy atom. The third kappa shape index (κ3) is 3.15. The molecule has 1 N–H and O–H groups in total. The zero-order valence-corrected chi connectivity index (χ0v) is 10.8. The van der Waals surface area contributed by atoms with Gasteiger partial charge in [-0.05, 0) is 19.1 Å². The molecule has 2 heterocycles. The Hall–Kier alpha value is -2.24. The van der Waals surface area contributed by atoms with E-state index in [1.165, 1.54) is 18.3 Å². The fourth-order valence-electron chi connectivity index (χ4n) is 1.33. The van der Waals surface area contributed by atoms with E-state index < -0.39 is 10.0 Å². The number of oxazole rings is 1. The van der Waals surface area contributed by atoms with Gasteiger partial charge in [0.25, 0.3) is 0 Å². The number of nitrogens with one attached hydrogen (secondary N) is 1. The van der Waals surface area contributed by atoms with Crippen LogP contribution in [0.1, 0.15) is 17.3 Å². The normalized spacial score (nSPS) is 11.2. The molecule has 2 aromatic heterocycles. The third-order valence-corrected chi connectivity index (χ3v) is 3.63. The first kappa shape index (κ1) is 13.2. The van der Waals surface area contributed by atoms with Crippen molar-refractivity contribution in [2.45, 2.75) is 18.4 Å². The molecule has 0 amide bonds. The van der Waals surface area contributed by atoms with E-state index in [4.69, 9.17) is 9.68 Å². The maximum Gasteiger partial charge on any atom is 0.242 e. The fourth-order valence-corrected chi connectivity index (χ4v) is 2.25. The summed E-state index contributed by atoms with van der Waals surface area (Å²) < 4.78 is 31.3. The van der Waals surface area contributed by atoms with Crippen molar-refractivity contribution in [1.82, 2.24) is 14.7 Å². The predicted molar refractivity (Wildman–Crippen MR) is 64.2 cm³/mol. The van der Waals surface area contributed by atoms with Crippen LogP contribution in [0.3, 0.4) is 0 Å². The molecule has 0 radical (unpaired) electrons. The first-order valence-corrected chi connectivity index (χ1v) is 6.77. The molecule has 0 aliphatic heterocycles. The minimum Gasteiger partial charge on any atom is -0.445 e. The van der Waals surface area contributed by atoms with Gasteiger partial charge in [0.2, 0.25) is 15.9 Å². The summed E-state index contributed by atoms with van der Waals surface area (Å²) in [5.41, 5.74) is 0.155. The van der Waals surface area contributed by atoms with Crippen LogP contribution in [0.4, 0.5) is 0 Å². The van der Waals surface area contributed by atoms with Crippen molar-refractivity contribution >= 4 is 10.0 Å². The van der Waals surface area contributed by atoms with Gasteiger partial charge in [0.1, 0.15) is 22.4 Å². The topological polar surface area (TPSA) is 109 Å². The highest BCUT2D eigenvalue weighted by Crippen LogP contribution is 2.09. The number of aryl methyl sites for hydroxylation is 1. The number of nitrogens with zero attached hydrogens (tertiary/aromatic N) is 3. The maximum atomic E-state index is 11.9. The van der Waals surface area contributed by atoms with Crippen LogP contribution in [-0.4, -0.2) is 18.4 Å². The second kappa shape index (κ2) is 5.17. The van der Waals surface area contributed by atoms with Crippen molar-refractivity contribution in [1.29, 1.82) is 5.26 Å². The van der Waals surface area contributed by atoms with Gasteiger partial charge in [-0.1, -0.05) is 0 Å². The molecule has 2 rings (SSSR count). The minimum atomic E-state index is -3.70. The summed E-state index contributed by atoms with van der Waals surface area (Å²) in [6.45, 7) is 1.67. The van der Waals surface area contributed by atoms with Gasteiger partial charge in [-0.25, -0.2) is 23.1 Å². The number of rotatable bonds is 4. The van der Waals surface area contributed by atoms with E-state index in [1.54, 1.807) is 6.92 Å². The maximum absolute atomic E-state index is 11.9. The molecular formula is C11H10N4O3S. The molecule has 0 spiro atoms. The number of aromatic nitrogens is 2. The summed E-state index contributed by atoms with van der Waals surface area (Å²) in [7, 11) is -3.70. The molecule has 0 fully saturated rings. The van der Waals surface area contributed by atoms with Crippen molar-refractivity contribution in [3.8, 4) is 6.07 Å². The molecule has 98 valence electrons. The summed E-state index contributed by atoms with van der Waals surface area (Å²) >= 11 is 0. The number of sulfonamides is 1. The van der Waals surface area contributed by atoms with Gasteiger partial charge in [-0.15, -0.1) is 0 Å². The highest BCUT2D eigenvalue weighted by molar-refractivity contribution is 7.89. The number of hydrogen-bond donors (Lipinski definition) is 1. The highest BCUT2D eigenvalue weighted by atomic mass is 32.2. The standard InChI is InChI=1S/C11H10N4O3S/c1-8-5-14-11(18-8)7-15-19(16,17)10-3-2-9(4-12)13-6-10/h2-3,5-6,15H,7H2,1H3. The summed E-state index contributed by atoms with van der Waals surface area (Å²) in [5, 5.41) is 8.59. The summed E-state index contributed by atoms with van der Waals surface area (Å²) in [6.07, 6.45) is 2.63. The van der Waals surface area contributed by atoms with E-state index in [1.807, 2.05) is 6.07 Å². The molecule has 0 saturated carbocycles. The molecule has 2 aromatic rings. The van der Waals surface area contributed by atoms with Crippen LogP contribution in [0.25, 0.3) is 0 Å². The van der Waals surface area contributed by atoms with Crippen molar-refractivity contribution in [2.75, 3.05) is 0 Å². The summed E-state index contributed by atoms with van der Waals surface area (Å²) in [6, 6.07) is 4.47. The molecule has 8 heteroatoms. The quantitative estimate of drug-likeness (QED) is 0.882. The van der Waals surface area contributed by atoms with Crippen LogP contribution in [0.5, 0.6) is 0 Å². The van der Waals surface area contributed by atoms with E-state index in [0.717, 1.165) is 6.20 Å². The Labute approximate surface area is 110 Å². The van der Waals surface area contributed by atoms with Crippen molar-refractivity contribution in [3.05, 3.63) is 41.9 Å². The van der Waals surface area contributed by atoms with Crippen LogP contribution in [0.2, 0.25) is 0 Å². The Balaban J connectivity index is 2.11. The molecule has 0 saturated heterocycles. The van der Waals surface area contributed by atoms with Crippen molar-refractivity contribution < 1.29 is 12.8 Å². The lowest BCUT2D eigenvalue weighted by Gasteiger charge is -2.04.